The summed E-state index contributed by atoms with van der Waals surface area (Å²) in [4.78, 5) is 23.2. The van der Waals surface area contributed by atoms with Crippen molar-refractivity contribution in [1.29, 1.82) is 0 Å². The molecule has 2 N–H and O–H groups in total. The highest BCUT2D eigenvalue weighted by Gasteiger charge is 2.31. The van der Waals surface area contributed by atoms with Gasteiger partial charge in [-0.3, -0.25) is 9.59 Å². The molecule has 102 valence electrons. The molecule has 0 aromatic carbocycles. The van der Waals surface area contributed by atoms with Crippen LogP contribution in [-0.4, -0.2) is 24.4 Å². The second-order valence-corrected chi connectivity index (χ2v) is 5.92. The molecule has 1 saturated heterocycles. The molecule has 2 rings (SSSR count). The number of carbonyl (C=O) groups is 2. The van der Waals surface area contributed by atoms with Crippen molar-refractivity contribution < 1.29 is 9.59 Å². The highest BCUT2D eigenvalue weighted by Crippen LogP contribution is 2.29. The second kappa shape index (κ2) is 5.72. The summed E-state index contributed by atoms with van der Waals surface area (Å²) in [6.45, 7) is 5.00. The zero-order valence-electron chi connectivity index (χ0n) is 11.4. The van der Waals surface area contributed by atoms with Gasteiger partial charge in [-0.1, -0.05) is 26.7 Å². The number of rotatable bonds is 2. The molecule has 4 atom stereocenters. The van der Waals surface area contributed by atoms with Crippen LogP contribution in [0.5, 0.6) is 0 Å². The minimum absolute atomic E-state index is 0.0351. The standard InChI is InChI=1S/C14H24N2O2/c1-9-4-3-5-12(10(9)2)16-14(18)11-6-7-13(17)15-8-11/h9-12H,3-8H2,1-2H3,(H,15,17)(H,16,18). The van der Waals surface area contributed by atoms with Crippen LogP contribution in [-0.2, 0) is 9.59 Å². The van der Waals surface area contributed by atoms with Gasteiger partial charge >= 0.3 is 0 Å². The number of amides is 2. The van der Waals surface area contributed by atoms with Gasteiger partial charge in [-0.2, -0.15) is 0 Å². The number of hydrogen-bond acceptors (Lipinski definition) is 2. The third-order valence-corrected chi connectivity index (χ3v) is 4.67. The van der Waals surface area contributed by atoms with E-state index in [1.54, 1.807) is 0 Å². The van der Waals surface area contributed by atoms with E-state index in [-0.39, 0.29) is 17.7 Å². The average Bonchev–Trinajstić information content (AvgIpc) is 2.36. The Bertz CT molecular complexity index is 320. The lowest BCUT2D eigenvalue weighted by atomic mass is 9.78. The topological polar surface area (TPSA) is 58.2 Å². The first-order chi connectivity index (χ1) is 8.58. The summed E-state index contributed by atoms with van der Waals surface area (Å²) in [6.07, 6.45) is 4.74. The fourth-order valence-corrected chi connectivity index (χ4v) is 3.04. The molecular formula is C14H24N2O2. The molecule has 0 spiro atoms. The minimum Gasteiger partial charge on any atom is -0.355 e. The molecule has 0 radical (unpaired) electrons. The van der Waals surface area contributed by atoms with Crippen LogP contribution < -0.4 is 10.6 Å². The molecule has 1 saturated carbocycles. The molecule has 0 aromatic heterocycles. The molecule has 18 heavy (non-hydrogen) atoms. The highest BCUT2D eigenvalue weighted by molar-refractivity contribution is 5.83. The molecule has 4 unspecified atom stereocenters. The van der Waals surface area contributed by atoms with Crippen LogP contribution in [0.15, 0.2) is 0 Å². The minimum atomic E-state index is -0.0351. The Kier molecular flexibility index (Phi) is 4.25. The number of carbonyl (C=O) groups excluding carboxylic acids is 2. The van der Waals surface area contributed by atoms with Crippen LogP contribution >= 0.6 is 0 Å². The summed E-state index contributed by atoms with van der Waals surface area (Å²) in [5.74, 6) is 1.41. The van der Waals surface area contributed by atoms with Gasteiger partial charge in [0.05, 0.1) is 5.92 Å². The predicted molar refractivity (Wildman–Crippen MR) is 69.8 cm³/mol. The predicted octanol–water partition coefficient (Wildman–Crippen LogP) is 1.45. The maximum atomic E-state index is 12.2. The molecule has 2 aliphatic rings. The maximum absolute atomic E-state index is 12.2. The van der Waals surface area contributed by atoms with Crippen LogP contribution in [0.25, 0.3) is 0 Å². The second-order valence-electron chi connectivity index (χ2n) is 5.92. The van der Waals surface area contributed by atoms with Gasteiger partial charge in [-0.25, -0.2) is 0 Å². The third-order valence-electron chi connectivity index (χ3n) is 4.67. The van der Waals surface area contributed by atoms with Crippen LogP contribution in [0.4, 0.5) is 0 Å². The maximum Gasteiger partial charge on any atom is 0.225 e. The van der Waals surface area contributed by atoms with Crippen molar-refractivity contribution >= 4 is 11.8 Å². The molecule has 0 aromatic rings. The number of nitrogens with one attached hydrogen (secondary N) is 2. The van der Waals surface area contributed by atoms with E-state index in [4.69, 9.17) is 0 Å². The van der Waals surface area contributed by atoms with Gasteiger partial charge in [0, 0.05) is 19.0 Å². The summed E-state index contributed by atoms with van der Waals surface area (Å²) in [5.41, 5.74) is 0. The van der Waals surface area contributed by atoms with E-state index in [0.717, 1.165) is 6.42 Å². The zero-order chi connectivity index (χ0) is 13.1. The summed E-state index contributed by atoms with van der Waals surface area (Å²) < 4.78 is 0. The first-order valence-electron chi connectivity index (χ1n) is 7.15. The van der Waals surface area contributed by atoms with E-state index in [1.807, 2.05) is 0 Å². The van der Waals surface area contributed by atoms with E-state index in [1.165, 1.54) is 12.8 Å². The Morgan fingerprint density at radius 3 is 2.72 bits per heavy atom. The van der Waals surface area contributed by atoms with Crippen LogP contribution in [0, 0.1) is 17.8 Å². The molecule has 2 fully saturated rings. The van der Waals surface area contributed by atoms with Gasteiger partial charge in [0.25, 0.3) is 0 Å². The molecule has 1 aliphatic carbocycles. The van der Waals surface area contributed by atoms with Crippen molar-refractivity contribution in [2.24, 2.45) is 17.8 Å². The van der Waals surface area contributed by atoms with Crippen molar-refractivity contribution in [3.63, 3.8) is 0 Å². The van der Waals surface area contributed by atoms with Gasteiger partial charge in [0.2, 0.25) is 11.8 Å². The van der Waals surface area contributed by atoms with Crippen molar-refractivity contribution in [2.45, 2.75) is 52.0 Å². The molecule has 2 amide bonds. The van der Waals surface area contributed by atoms with Gasteiger partial charge in [-0.05, 0) is 24.7 Å². The van der Waals surface area contributed by atoms with E-state index in [2.05, 4.69) is 24.5 Å². The van der Waals surface area contributed by atoms with E-state index in [0.29, 0.717) is 37.3 Å². The Morgan fingerprint density at radius 2 is 2.06 bits per heavy atom. The van der Waals surface area contributed by atoms with Crippen molar-refractivity contribution in [3.8, 4) is 0 Å². The summed E-state index contributed by atoms with van der Waals surface area (Å²) in [5, 5.41) is 5.96. The molecule has 1 heterocycles. The average molecular weight is 252 g/mol. The molecule has 0 bridgehead atoms. The van der Waals surface area contributed by atoms with E-state index < -0.39 is 0 Å². The quantitative estimate of drug-likeness (QED) is 0.781. The Hall–Kier alpha value is -1.06. The molecule has 1 aliphatic heterocycles. The summed E-state index contributed by atoms with van der Waals surface area (Å²) in [7, 11) is 0. The Labute approximate surface area is 109 Å². The lowest BCUT2D eigenvalue weighted by Gasteiger charge is -2.35. The fraction of sp³-hybridized carbons (Fsp3) is 0.857. The SMILES string of the molecule is CC1CCCC(NC(=O)C2CCC(=O)NC2)C1C. The number of piperidine rings is 1. The van der Waals surface area contributed by atoms with E-state index in [9.17, 15) is 9.59 Å². The van der Waals surface area contributed by atoms with Gasteiger partial charge in [0.15, 0.2) is 0 Å². The monoisotopic (exact) mass is 252 g/mol. The summed E-state index contributed by atoms with van der Waals surface area (Å²) in [6, 6.07) is 0.318. The number of hydrogen-bond donors (Lipinski definition) is 2. The normalized spacial score (nSPS) is 36.9. The van der Waals surface area contributed by atoms with Crippen LogP contribution in [0.2, 0.25) is 0 Å². The van der Waals surface area contributed by atoms with E-state index >= 15 is 0 Å². The van der Waals surface area contributed by atoms with Gasteiger partial charge in [-0.15, -0.1) is 0 Å². The molecular weight excluding hydrogens is 228 g/mol. The first-order valence-corrected chi connectivity index (χ1v) is 7.15. The zero-order valence-corrected chi connectivity index (χ0v) is 11.4. The van der Waals surface area contributed by atoms with Gasteiger partial charge in [0.1, 0.15) is 0 Å². The Balaban J connectivity index is 1.85. The van der Waals surface area contributed by atoms with Gasteiger partial charge < -0.3 is 10.6 Å². The highest BCUT2D eigenvalue weighted by atomic mass is 16.2. The molecule has 4 nitrogen and oxygen atoms in total. The van der Waals surface area contributed by atoms with Crippen molar-refractivity contribution in [1.82, 2.24) is 10.6 Å². The lowest BCUT2D eigenvalue weighted by Crippen LogP contribution is -2.49. The smallest absolute Gasteiger partial charge is 0.225 e. The van der Waals surface area contributed by atoms with Crippen LogP contribution in [0.1, 0.15) is 46.0 Å². The van der Waals surface area contributed by atoms with Crippen molar-refractivity contribution in [2.75, 3.05) is 6.54 Å². The largest absolute Gasteiger partial charge is 0.355 e. The third kappa shape index (κ3) is 3.03. The summed E-state index contributed by atoms with van der Waals surface area (Å²) >= 11 is 0. The van der Waals surface area contributed by atoms with Crippen LogP contribution in [0.3, 0.4) is 0 Å². The molecule has 4 heteroatoms. The lowest BCUT2D eigenvalue weighted by molar-refractivity contribution is -0.129. The fourth-order valence-electron chi connectivity index (χ4n) is 3.04. The van der Waals surface area contributed by atoms with Crippen molar-refractivity contribution in [3.05, 3.63) is 0 Å². The first kappa shape index (κ1) is 13.4. The Morgan fingerprint density at radius 1 is 1.28 bits per heavy atom.